The fourth-order valence-electron chi connectivity index (χ4n) is 1.97. The summed E-state index contributed by atoms with van der Waals surface area (Å²) in [5, 5.41) is 0. The summed E-state index contributed by atoms with van der Waals surface area (Å²) in [4.78, 5) is 4.23. The molecule has 3 heteroatoms. The summed E-state index contributed by atoms with van der Waals surface area (Å²) in [6.45, 7) is 2.78. The molecule has 0 aliphatic heterocycles. The molecule has 2 N–H and O–H groups in total. The van der Waals surface area contributed by atoms with E-state index in [4.69, 9.17) is 5.73 Å². The number of nitrogens with two attached hydrogens (primary N) is 1. The first-order valence-electron chi connectivity index (χ1n) is 6.11. The summed E-state index contributed by atoms with van der Waals surface area (Å²) < 4.78 is 13.2. The lowest BCUT2D eigenvalue weighted by atomic mass is 9.96. The number of pyridine rings is 1. The summed E-state index contributed by atoms with van der Waals surface area (Å²) in [5.41, 5.74) is 8.50. The van der Waals surface area contributed by atoms with Crippen molar-refractivity contribution in [3.8, 4) is 11.1 Å². The van der Waals surface area contributed by atoms with Gasteiger partial charge in [0, 0.05) is 18.0 Å². The van der Waals surface area contributed by atoms with Crippen LogP contribution in [0.2, 0.25) is 0 Å². The zero-order valence-corrected chi connectivity index (χ0v) is 10.4. The summed E-state index contributed by atoms with van der Waals surface area (Å²) in [5.74, 6) is 0.143. The maximum absolute atomic E-state index is 13.2. The highest BCUT2D eigenvalue weighted by atomic mass is 19.1. The van der Waals surface area contributed by atoms with Gasteiger partial charge in [-0.2, -0.15) is 0 Å². The molecule has 0 amide bonds. The molecule has 1 atom stereocenters. The van der Waals surface area contributed by atoms with Crippen LogP contribution in [0.25, 0.3) is 11.1 Å². The fraction of sp³-hybridized carbons (Fsp3) is 0.267. The highest BCUT2D eigenvalue weighted by molar-refractivity contribution is 5.63. The van der Waals surface area contributed by atoms with E-state index in [1.807, 2.05) is 12.3 Å². The first-order chi connectivity index (χ1) is 8.70. The van der Waals surface area contributed by atoms with Crippen molar-refractivity contribution in [2.45, 2.75) is 19.3 Å². The van der Waals surface area contributed by atoms with Crippen molar-refractivity contribution < 1.29 is 4.39 Å². The van der Waals surface area contributed by atoms with Gasteiger partial charge >= 0.3 is 0 Å². The van der Waals surface area contributed by atoms with Crippen LogP contribution in [0.3, 0.4) is 0 Å². The minimum absolute atomic E-state index is 0.229. The molecule has 0 bridgehead atoms. The normalized spacial score (nSPS) is 12.4. The van der Waals surface area contributed by atoms with Gasteiger partial charge in [0.25, 0.3) is 0 Å². The van der Waals surface area contributed by atoms with E-state index in [-0.39, 0.29) is 5.82 Å². The van der Waals surface area contributed by atoms with E-state index in [0.717, 1.165) is 23.1 Å². The third kappa shape index (κ3) is 2.93. The predicted octanol–water partition coefficient (Wildman–Crippen LogP) is 3.34. The van der Waals surface area contributed by atoms with Crippen LogP contribution in [0.5, 0.6) is 0 Å². The third-order valence-corrected chi connectivity index (χ3v) is 3.09. The molecule has 0 saturated carbocycles. The van der Waals surface area contributed by atoms with E-state index >= 15 is 0 Å². The molecule has 2 rings (SSSR count). The minimum atomic E-state index is -0.229. The Kier molecular flexibility index (Phi) is 4.05. The summed E-state index contributed by atoms with van der Waals surface area (Å²) >= 11 is 0. The Morgan fingerprint density at radius 1 is 1.22 bits per heavy atom. The highest BCUT2D eigenvalue weighted by Crippen LogP contribution is 2.24. The van der Waals surface area contributed by atoms with Crippen LogP contribution in [-0.2, 0) is 0 Å². The fourth-order valence-corrected chi connectivity index (χ4v) is 1.97. The molecule has 94 valence electrons. The summed E-state index contributed by atoms with van der Waals surface area (Å²) in [6, 6.07) is 8.62. The molecule has 2 nitrogen and oxygen atoms in total. The van der Waals surface area contributed by atoms with Crippen LogP contribution < -0.4 is 5.73 Å². The molecule has 0 spiro atoms. The zero-order valence-electron chi connectivity index (χ0n) is 10.4. The van der Waals surface area contributed by atoms with Crippen molar-refractivity contribution in [2.24, 2.45) is 5.73 Å². The number of rotatable bonds is 4. The van der Waals surface area contributed by atoms with Gasteiger partial charge in [-0.25, -0.2) is 4.39 Å². The molecule has 0 fully saturated rings. The molecule has 0 aliphatic rings. The van der Waals surface area contributed by atoms with Crippen molar-refractivity contribution in [3.05, 3.63) is 54.1 Å². The van der Waals surface area contributed by atoms with Crippen LogP contribution in [0, 0.1) is 5.82 Å². The van der Waals surface area contributed by atoms with E-state index in [2.05, 4.69) is 18.0 Å². The van der Waals surface area contributed by atoms with Gasteiger partial charge in [-0.15, -0.1) is 0 Å². The van der Waals surface area contributed by atoms with Gasteiger partial charge in [-0.3, -0.25) is 4.98 Å². The van der Waals surface area contributed by atoms with Crippen LogP contribution in [0.4, 0.5) is 4.39 Å². The molecule has 2 aromatic rings. The first kappa shape index (κ1) is 12.7. The Balaban J connectivity index is 2.32. The molecule has 0 radical (unpaired) electrons. The second-order valence-corrected chi connectivity index (χ2v) is 4.50. The Bertz CT molecular complexity index is 525. The zero-order chi connectivity index (χ0) is 13.0. The van der Waals surface area contributed by atoms with Gasteiger partial charge in [-0.05, 0) is 48.2 Å². The standard InChI is InChI=1S/C15H17FN2/c1-11(5-6-17)13-7-14(10-18-9-13)12-3-2-4-15(16)8-12/h2-4,7-11H,5-6,17H2,1H3. The van der Waals surface area contributed by atoms with Gasteiger partial charge in [0.15, 0.2) is 0 Å². The van der Waals surface area contributed by atoms with Gasteiger partial charge in [0.2, 0.25) is 0 Å². The van der Waals surface area contributed by atoms with E-state index in [1.54, 1.807) is 12.3 Å². The van der Waals surface area contributed by atoms with E-state index < -0.39 is 0 Å². The molecule has 18 heavy (non-hydrogen) atoms. The molecule has 1 aromatic carbocycles. The SMILES string of the molecule is CC(CCN)c1cncc(-c2cccc(F)c2)c1. The van der Waals surface area contributed by atoms with Gasteiger partial charge < -0.3 is 5.73 Å². The second-order valence-electron chi connectivity index (χ2n) is 4.50. The lowest BCUT2D eigenvalue weighted by Gasteiger charge is -2.11. The molecule has 0 saturated heterocycles. The predicted molar refractivity (Wildman–Crippen MR) is 71.7 cm³/mol. The lowest BCUT2D eigenvalue weighted by Crippen LogP contribution is -2.04. The van der Waals surface area contributed by atoms with E-state index in [9.17, 15) is 4.39 Å². The van der Waals surface area contributed by atoms with Crippen LogP contribution in [0.15, 0.2) is 42.7 Å². The minimum Gasteiger partial charge on any atom is -0.330 e. The second kappa shape index (κ2) is 5.74. The molecular formula is C15H17FN2. The topological polar surface area (TPSA) is 38.9 Å². The number of halogens is 1. The lowest BCUT2D eigenvalue weighted by molar-refractivity contribution is 0.628. The molecule has 1 heterocycles. The van der Waals surface area contributed by atoms with Crippen molar-refractivity contribution in [1.82, 2.24) is 4.98 Å². The van der Waals surface area contributed by atoms with Gasteiger partial charge in [-0.1, -0.05) is 19.1 Å². The molecule has 0 aliphatic carbocycles. The van der Waals surface area contributed by atoms with Crippen LogP contribution in [-0.4, -0.2) is 11.5 Å². The number of benzene rings is 1. The Morgan fingerprint density at radius 2 is 2.06 bits per heavy atom. The number of aromatic nitrogens is 1. The number of nitrogens with zero attached hydrogens (tertiary/aromatic N) is 1. The molecule has 1 aromatic heterocycles. The maximum Gasteiger partial charge on any atom is 0.123 e. The van der Waals surface area contributed by atoms with Crippen LogP contribution >= 0.6 is 0 Å². The van der Waals surface area contributed by atoms with E-state index in [1.165, 1.54) is 12.1 Å². The van der Waals surface area contributed by atoms with E-state index in [0.29, 0.717) is 12.5 Å². The maximum atomic E-state index is 13.2. The van der Waals surface area contributed by atoms with Crippen molar-refractivity contribution >= 4 is 0 Å². The number of hydrogen-bond donors (Lipinski definition) is 1. The van der Waals surface area contributed by atoms with Crippen molar-refractivity contribution in [1.29, 1.82) is 0 Å². The first-order valence-corrected chi connectivity index (χ1v) is 6.11. The average molecular weight is 244 g/mol. The van der Waals surface area contributed by atoms with Gasteiger partial charge in [0.05, 0.1) is 0 Å². The summed E-state index contributed by atoms with van der Waals surface area (Å²) in [6.07, 6.45) is 4.53. The van der Waals surface area contributed by atoms with Crippen molar-refractivity contribution in [2.75, 3.05) is 6.54 Å². The molecule has 1 unspecified atom stereocenters. The largest absolute Gasteiger partial charge is 0.330 e. The summed E-state index contributed by atoms with van der Waals surface area (Å²) in [7, 11) is 0. The smallest absolute Gasteiger partial charge is 0.123 e. The van der Waals surface area contributed by atoms with Crippen molar-refractivity contribution in [3.63, 3.8) is 0 Å². The van der Waals surface area contributed by atoms with Gasteiger partial charge in [0.1, 0.15) is 5.82 Å². The van der Waals surface area contributed by atoms with Crippen LogP contribution in [0.1, 0.15) is 24.8 Å². The Labute approximate surface area is 107 Å². The Morgan fingerprint density at radius 3 is 2.78 bits per heavy atom. The average Bonchev–Trinajstić information content (AvgIpc) is 2.39. The molecular weight excluding hydrogens is 227 g/mol. The number of hydrogen-bond acceptors (Lipinski definition) is 2. The Hall–Kier alpha value is -1.74. The third-order valence-electron chi connectivity index (χ3n) is 3.09. The highest BCUT2D eigenvalue weighted by Gasteiger charge is 2.07. The monoisotopic (exact) mass is 244 g/mol. The quantitative estimate of drug-likeness (QED) is 0.895.